The summed E-state index contributed by atoms with van der Waals surface area (Å²) in [6, 6.07) is 100.0. The molecule has 0 N–H and O–H groups in total. The number of benzene rings is 13. The highest BCUT2D eigenvalue weighted by molar-refractivity contribution is 7.76. The lowest BCUT2D eigenvalue weighted by atomic mass is 9.86. The Bertz CT molecular complexity index is 3980. The molecule has 13 aromatic rings. The zero-order chi connectivity index (χ0) is 58.6. The van der Waals surface area contributed by atoms with Gasteiger partial charge in [0.05, 0.1) is 42.4 Å². The van der Waals surface area contributed by atoms with Gasteiger partial charge in [-0.15, -0.1) is 0 Å². The predicted octanol–water partition coefficient (Wildman–Crippen LogP) is 16.6. The smallest absolute Gasteiger partial charge is 0.306 e. The Morgan fingerprint density at radius 1 is 0.186 bits per heavy atom. The van der Waals surface area contributed by atoms with E-state index in [0.29, 0.717) is 53.6 Å². The van der Waals surface area contributed by atoms with Crippen molar-refractivity contribution >= 4 is 93.5 Å². The van der Waals surface area contributed by atoms with Crippen LogP contribution in [0, 0.1) is 0 Å². The van der Waals surface area contributed by atoms with Gasteiger partial charge >= 0.3 is 29.5 Å². The first-order valence-corrected chi connectivity index (χ1v) is 34.5. The lowest BCUT2D eigenvalue weighted by Crippen LogP contribution is -2.21. The van der Waals surface area contributed by atoms with Crippen LogP contribution in [0.25, 0.3) is 43.8 Å². The van der Waals surface area contributed by atoms with Gasteiger partial charge in [-0.3, -0.25) is 18.3 Å². The summed E-state index contributed by atoms with van der Waals surface area (Å²) in [5.74, 6) is 0.862. The molecule has 0 aliphatic rings. The normalized spacial score (nSPS) is 11.9. The van der Waals surface area contributed by atoms with E-state index in [1.807, 2.05) is 218 Å². The van der Waals surface area contributed by atoms with E-state index in [1.54, 1.807) is 109 Å². The summed E-state index contributed by atoms with van der Waals surface area (Å²) in [4.78, 5) is 0. The number of hydrogen-bond acceptors (Lipinski definition) is 8. The van der Waals surface area contributed by atoms with E-state index in [2.05, 4.69) is 0 Å². The molecule has 13 rings (SSSR count). The van der Waals surface area contributed by atoms with E-state index in [-0.39, 0.29) is 23.0 Å². The first kappa shape index (κ1) is 55.7. The van der Waals surface area contributed by atoms with Crippen molar-refractivity contribution in [3.05, 3.63) is 328 Å². The number of fused-ring (bicyclic) bond motifs is 2. The van der Waals surface area contributed by atoms with Crippen molar-refractivity contribution in [2.75, 3.05) is 0 Å². The second-order valence-corrected chi connectivity index (χ2v) is 29.8. The molecule has 8 nitrogen and oxygen atoms in total. The molecule has 86 heavy (non-hydrogen) atoms. The van der Waals surface area contributed by atoms with E-state index >= 15 is 18.3 Å². The lowest BCUT2D eigenvalue weighted by Gasteiger charge is -2.25. The van der Waals surface area contributed by atoms with Gasteiger partial charge in [-0.05, 0) is 165 Å². The molecule has 0 amide bonds. The molecule has 0 aliphatic heterocycles. The minimum absolute atomic E-state index is 0.215. The molecule has 0 saturated carbocycles. The maximum atomic E-state index is 15.9. The van der Waals surface area contributed by atoms with Crippen LogP contribution in [0.4, 0.5) is 0 Å². The highest BCUT2D eigenvalue weighted by Gasteiger charge is 2.36. The molecule has 0 saturated heterocycles. The molecule has 0 atom stereocenters. The summed E-state index contributed by atoms with van der Waals surface area (Å²) in [6.07, 6.45) is 0. The summed E-state index contributed by atoms with van der Waals surface area (Å²) in [6.45, 7) is 0. The zero-order valence-corrected chi connectivity index (χ0v) is 49.8. The summed E-state index contributed by atoms with van der Waals surface area (Å²) >= 11 is 0. The second kappa shape index (κ2) is 23.9. The molecule has 0 aliphatic carbocycles. The lowest BCUT2D eigenvalue weighted by molar-refractivity contribution is 0.490. The van der Waals surface area contributed by atoms with Crippen molar-refractivity contribution in [1.29, 1.82) is 0 Å². The standard InChI is InChI=1S/C74H54O8P4/c75-83(61-29-9-1-10-30-61,62-31-11-2-12-32-62)79-57-49-55(50-58(53-57)80-84(76,63-33-13-3-14-34-63)64-35-15-4-16-36-64)73-69-45-25-27-47-71(69)74(72-48-28-26-46-70(72)73)56-51-59(81-85(77,65-37-17-5-18-38-65)66-39-19-6-20-40-66)54-60(52-56)82-86(78,67-41-21-7-22-42-67)68-43-23-8-24-44-68/h1-54H. The molecule has 0 heterocycles. The number of hydrogen-bond donors (Lipinski definition) is 0. The van der Waals surface area contributed by atoms with Gasteiger partial charge in [0.15, 0.2) is 0 Å². The van der Waals surface area contributed by atoms with Crippen LogP contribution >= 0.6 is 29.5 Å². The Balaban J connectivity index is 1.05. The quantitative estimate of drug-likeness (QED) is 0.0618. The fourth-order valence-corrected chi connectivity index (χ4v) is 19.2. The van der Waals surface area contributed by atoms with Gasteiger partial charge in [0.2, 0.25) is 0 Å². The molecular formula is C74H54O8P4. The molecule has 0 radical (unpaired) electrons. The maximum absolute atomic E-state index is 15.9. The van der Waals surface area contributed by atoms with E-state index in [0.717, 1.165) is 32.7 Å². The molecule has 0 unspecified atom stereocenters. The van der Waals surface area contributed by atoms with Crippen molar-refractivity contribution in [3.8, 4) is 45.3 Å². The van der Waals surface area contributed by atoms with Crippen LogP contribution in [0.1, 0.15) is 0 Å². The molecule has 0 bridgehead atoms. The van der Waals surface area contributed by atoms with Crippen molar-refractivity contribution < 1.29 is 36.4 Å². The average Bonchev–Trinajstić information content (AvgIpc) is 1.07. The summed E-state index contributed by atoms with van der Waals surface area (Å²) in [5, 5.41) is 7.12. The molecule has 0 aromatic heterocycles. The first-order valence-electron chi connectivity index (χ1n) is 28.0. The Morgan fingerprint density at radius 2 is 0.337 bits per heavy atom. The van der Waals surface area contributed by atoms with Crippen LogP contribution < -0.4 is 60.5 Å². The van der Waals surface area contributed by atoms with Crippen molar-refractivity contribution in [2.24, 2.45) is 0 Å². The molecule has 418 valence electrons. The summed E-state index contributed by atoms with van der Waals surface area (Å²) in [5.41, 5.74) is 2.79. The number of rotatable bonds is 18. The highest BCUT2D eigenvalue weighted by Crippen LogP contribution is 2.55. The van der Waals surface area contributed by atoms with Gasteiger partial charge < -0.3 is 18.1 Å². The Hall–Kier alpha value is -9.50. The van der Waals surface area contributed by atoms with E-state index in [4.69, 9.17) is 18.1 Å². The minimum Gasteiger partial charge on any atom is -0.437 e. The third-order valence-corrected chi connectivity index (χ3v) is 24.7. The first-order chi connectivity index (χ1) is 42.1. The van der Waals surface area contributed by atoms with Crippen LogP contribution in [0.5, 0.6) is 23.0 Å². The third-order valence-electron chi connectivity index (χ3n) is 15.0. The van der Waals surface area contributed by atoms with Crippen LogP contribution in [0.3, 0.4) is 0 Å². The highest BCUT2D eigenvalue weighted by atomic mass is 31.2. The van der Waals surface area contributed by atoms with Crippen molar-refractivity contribution in [2.45, 2.75) is 0 Å². The summed E-state index contributed by atoms with van der Waals surface area (Å²) in [7, 11) is -15.6. The second-order valence-electron chi connectivity index (χ2n) is 20.5. The predicted molar refractivity (Wildman–Crippen MR) is 354 cm³/mol. The average molecular weight is 1200 g/mol. The van der Waals surface area contributed by atoms with E-state index in [9.17, 15) is 0 Å². The van der Waals surface area contributed by atoms with Crippen molar-refractivity contribution in [3.63, 3.8) is 0 Å². The van der Waals surface area contributed by atoms with Gasteiger partial charge in [-0.2, -0.15) is 0 Å². The Morgan fingerprint density at radius 3 is 0.500 bits per heavy atom. The van der Waals surface area contributed by atoms with E-state index < -0.39 is 29.5 Å². The SMILES string of the molecule is O=P(Oc1cc(OP(=O)(c2ccccc2)c2ccccc2)cc(-c2c3ccccc3c(-c3cc(OP(=O)(c4ccccc4)c4ccccc4)cc(OP(=O)(c4ccccc4)c4ccccc4)c3)c3ccccc23)c1)(c1ccccc1)c1ccccc1. The van der Waals surface area contributed by atoms with Gasteiger partial charge in [0.25, 0.3) is 0 Å². The molecular weight excluding hydrogens is 1140 g/mol. The molecule has 13 aromatic carbocycles. The molecule has 12 heteroatoms. The Kier molecular flexibility index (Phi) is 15.5. The van der Waals surface area contributed by atoms with Crippen LogP contribution in [-0.4, -0.2) is 0 Å². The van der Waals surface area contributed by atoms with E-state index in [1.165, 1.54) is 0 Å². The van der Waals surface area contributed by atoms with Crippen LogP contribution in [-0.2, 0) is 18.3 Å². The van der Waals surface area contributed by atoms with Crippen molar-refractivity contribution in [1.82, 2.24) is 0 Å². The van der Waals surface area contributed by atoms with Crippen LogP contribution in [0.15, 0.2) is 328 Å². The molecule has 0 spiro atoms. The Labute approximate surface area is 499 Å². The third kappa shape index (κ3) is 10.9. The maximum Gasteiger partial charge on any atom is 0.306 e. The van der Waals surface area contributed by atoms with Crippen LogP contribution in [0.2, 0.25) is 0 Å². The molecule has 0 fully saturated rings. The zero-order valence-electron chi connectivity index (χ0n) is 46.2. The fourth-order valence-electron chi connectivity index (χ4n) is 11.0. The topological polar surface area (TPSA) is 105 Å². The van der Waals surface area contributed by atoms with Gasteiger partial charge in [-0.25, -0.2) is 0 Å². The fraction of sp³-hybridized carbons (Fsp3) is 0. The van der Waals surface area contributed by atoms with Gasteiger partial charge in [0.1, 0.15) is 23.0 Å². The van der Waals surface area contributed by atoms with Gasteiger partial charge in [-0.1, -0.05) is 194 Å². The monoisotopic (exact) mass is 1190 g/mol. The van der Waals surface area contributed by atoms with Gasteiger partial charge in [0, 0.05) is 12.1 Å². The summed E-state index contributed by atoms with van der Waals surface area (Å²) < 4.78 is 91.4. The minimum atomic E-state index is -3.90. The largest absolute Gasteiger partial charge is 0.437 e.